The van der Waals surface area contributed by atoms with Crippen LogP contribution in [-0.4, -0.2) is 26.5 Å². The van der Waals surface area contributed by atoms with Gasteiger partial charge in [0.2, 0.25) is 5.91 Å². The summed E-state index contributed by atoms with van der Waals surface area (Å²) in [7, 11) is 0. The van der Waals surface area contributed by atoms with E-state index in [9.17, 15) is 14.4 Å². The Bertz CT molecular complexity index is 1170. The standard InChI is InChI=1S/C25H29N3O3/c1-2-26(17-19-11-5-3-6-12-19)23(29)18-27-22-16-10-9-15-21(22)24(30)28(25(27)31)20-13-7-4-8-14-20/h3,5-6,9-12,15-16,20H,2,4,7-8,13-14,17-18H2,1H3. The summed E-state index contributed by atoms with van der Waals surface area (Å²) in [4.78, 5) is 41.6. The average molecular weight is 420 g/mol. The van der Waals surface area contributed by atoms with Crippen molar-refractivity contribution in [3.05, 3.63) is 81.0 Å². The first-order valence-electron chi connectivity index (χ1n) is 11.2. The molecule has 0 bridgehead atoms. The summed E-state index contributed by atoms with van der Waals surface area (Å²) < 4.78 is 2.89. The molecular weight excluding hydrogens is 390 g/mol. The second-order valence-corrected chi connectivity index (χ2v) is 8.25. The number of fused-ring (bicyclic) bond motifs is 1. The van der Waals surface area contributed by atoms with Gasteiger partial charge in [-0.2, -0.15) is 0 Å². The molecule has 0 aliphatic heterocycles. The van der Waals surface area contributed by atoms with Crippen molar-refractivity contribution in [3.63, 3.8) is 0 Å². The van der Waals surface area contributed by atoms with E-state index in [2.05, 4.69) is 0 Å². The molecule has 162 valence electrons. The highest BCUT2D eigenvalue weighted by Crippen LogP contribution is 2.26. The molecule has 1 fully saturated rings. The van der Waals surface area contributed by atoms with Gasteiger partial charge in [0.25, 0.3) is 5.56 Å². The van der Waals surface area contributed by atoms with Gasteiger partial charge in [-0.3, -0.25) is 18.7 Å². The summed E-state index contributed by atoms with van der Waals surface area (Å²) in [6.45, 7) is 2.89. The number of para-hydroxylation sites is 1. The van der Waals surface area contributed by atoms with Crippen LogP contribution in [0, 0.1) is 0 Å². The first-order valence-corrected chi connectivity index (χ1v) is 11.2. The number of likely N-dealkylation sites (N-methyl/N-ethyl adjacent to an activating group) is 1. The molecule has 1 aliphatic carbocycles. The Hall–Kier alpha value is -3.15. The summed E-state index contributed by atoms with van der Waals surface area (Å²) in [6, 6.07) is 16.8. The largest absolute Gasteiger partial charge is 0.337 e. The molecule has 1 aliphatic rings. The molecule has 0 N–H and O–H groups in total. The number of hydrogen-bond acceptors (Lipinski definition) is 3. The normalized spacial score (nSPS) is 14.6. The third kappa shape index (κ3) is 4.33. The van der Waals surface area contributed by atoms with E-state index in [1.807, 2.05) is 37.3 Å². The zero-order chi connectivity index (χ0) is 21.8. The maximum absolute atomic E-state index is 13.5. The van der Waals surface area contributed by atoms with Crippen LogP contribution < -0.4 is 11.2 Å². The Morgan fingerprint density at radius 2 is 1.65 bits per heavy atom. The maximum Gasteiger partial charge on any atom is 0.332 e. The lowest BCUT2D eigenvalue weighted by Crippen LogP contribution is -2.45. The quantitative estimate of drug-likeness (QED) is 0.612. The number of benzene rings is 2. The number of rotatable bonds is 6. The van der Waals surface area contributed by atoms with Crippen LogP contribution in [0.4, 0.5) is 0 Å². The molecule has 31 heavy (non-hydrogen) atoms. The van der Waals surface area contributed by atoms with Gasteiger partial charge in [-0.1, -0.05) is 61.7 Å². The van der Waals surface area contributed by atoms with E-state index in [1.165, 1.54) is 9.13 Å². The topological polar surface area (TPSA) is 64.3 Å². The molecule has 6 heteroatoms. The Morgan fingerprint density at radius 3 is 2.35 bits per heavy atom. The number of amides is 1. The van der Waals surface area contributed by atoms with Crippen molar-refractivity contribution in [1.29, 1.82) is 0 Å². The Kier molecular flexibility index (Phi) is 6.35. The highest BCUT2D eigenvalue weighted by Gasteiger charge is 2.23. The first kappa shape index (κ1) is 21.1. The Balaban J connectivity index is 1.73. The van der Waals surface area contributed by atoms with E-state index in [-0.39, 0.29) is 29.7 Å². The van der Waals surface area contributed by atoms with Crippen molar-refractivity contribution in [3.8, 4) is 0 Å². The minimum absolute atomic E-state index is 0.0764. The van der Waals surface area contributed by atoms with E-state index in [0.717, 1.165) is 37.7 Å². The molecule has 3 aromatic rings. The van der Waals surface area contributed by atoms with Gasteiger partial charge in [0.15, 0.2) is 0 Å². The average Bonchev–Trinajstić information content (AvgIpc) is 2.81. The molecule has 1 heterocycles. The van der Waals surface area contributed by atoms with Gasteiger partial charge in [0.05, 0.1) is 10.9 Å². The van der Waals surface area contributed by atoms with Crippen LogP contribution in [0.15, 0.2) is 64.2 Å². The fourth-order valence-electron chi connectivity index (χ4n) is 4.57. The smallest absolute Gasteiger partial charge is 0.332 e. The van der Waals surface area contributed by atoms with E-state index in [4.69, 9.17) is 0 Å². The minimum Gasteiger partial charge on any atom is -0.337 e. The Labute approximate surface area is 181 Å². The van der Waals surface area contributed by atoms with Gasteiger partial charge >= 0.3 is 5.69 Å². The van der Waals surface area contributed by atoms with Crippen molar-refractivity contribution in [2.75, 3.05) is 6.54 Å². The molecule has 1 amide bonds. The first-order chi connectivity index (χ1) is 15.1. The van der Waals surface area contributed by atoms with Crippen LogP contribution in [0.5, 0.6) is 0 Å². The summed E-state index contributed by atoms with van der Waals surface area (Å²) in [5, 5.41) is 0.492. The summed E-state index contributed by atoms with van der Waals surface area (Å²) in [5.41, 5.74) is 0.948. The van der Waals surface area contributed by atoms with Gasteiger partial charge < -0.3 is 4.90 Å². The maximum atomic E-state index is 13.5. The highest BCUT2D eigenvalue weighted by atomic mass is 16.2. The predicted molar refractivity (Wildman–Crippen MR) is 122 cm³/mol. The number of carbonyl (C=O) groups is 1. The lowest BCUT2D eigenvalue weighted by Gasteiger charge is -2.26. The molecule has 0 unspecified atom stereocenters. The van der Waals surface area contributed by atoms with E-state index < -0.39 is 0 Å². The molecule has 6 nitrogen and oxygen atoms in total. The lowest BCUT2D eigenvalue weighted by atomic mass is 9.95. The molecule has 2 aromatic carbocycles. The van der Waals surface area contributed by atoms with E-state index >= 15 is 0 Å². The lowest BCUT2D eigenvalue weighted by molar-refractivity contribution is -0.132. The minimum atomic E-state index is -0.375. The zero-order valence-corrected chi connectivity index (χ0v) is 18.0. The van der Waals surface area contributed by atoms with Crippen LogP contribution in [-0.2, 0) is 17.9 Å². The van der Waals surface area contributed by atoms with Crippen molar-refractivity contribution in [2.45, 2.75) is 58.2 Å². The van der Waals surface area contributed by atoms with Gasteiger partial charge in [0, 0.05) is 19.1 Å². The van der Waals surface area contributed by atoms with Crippen molar-refractivity contribution < 1.29 is 4.79 Å². The predicted octanol–water partition coefficient (Wildman–Crippen LogP) is 3.72. The van der Waals surface area contributed by atoms with Gasteiger partial charge in [-0.15, -0.1) is 0 Å². The molecule has 0 radical (unpaired) electrons. The van der Waals surface area contributed by atoms with Crippen molar-refractivity contribution >= 4 is 16.8 Å². The zero-order valence-electron chi connectivity index (χ0n) is 18.0. The van der Waals surface area contributed by atoms with Crippen LogP contribution in [0.1, 0.15) is 50.6 Å². The molecular formula is C25H29N3O3. The second-order valence-electron chi connectivity index (χ2n) is 8.25. The molecule has 4 rings (SSSR count). The summed E-state index contributed by atoms with van der Waals surface area (Å²) in [6.07, 6.45) is 4.83. The van der Waals surface area contributed by atoms with E-state index in [0.29, 0.717) is 24.0 Å². The number of carbonyl (C=O) groups excluding carboxylic acids is 1. The molecule has 0 saturated heterocycles. The van der Waals surface area contributed by atoms with E-state index in [1.54, 1.807) is 29.2 Å². The fourth-order valence-corrected chi connectivity index (χ4v) is 4.57. The monoisotopic (exact) mass is 419 g/mol. The SMILES string of the molecule is CCN(Cc1ccccc1)C(=O)Cn1c(=O)n(C2CCCCC2)c(=O)c2ccccc21. The highest BCUT2D eigenvalue weighted by molar-refractivity contribution is 5.81. The second kappa shape index (κ2) is 9.33. The molecule has 0 spiro atoms. The number of hydrogen-bond donors (Lipinski definition) is 0. The van der Waals surface area contributed by atoms with Gasteiger partial charge in [-0.25, -0.2) is 4.79 Å². The van der Waals surface area contributed by atoms with Crippen molar-refractivity contribution in [1.82, 2.24) is 14.0 Å². The molecule has 0 atom stereocenters. The number of aromatic nitrogens is 2. The molecule has 1 aromatic heterocycles. The third-order valence-corrected chi connectivity index (χ3v) is 6.26. The summed E-state index contributed by atoms with van der Waals surface area (Å²) >= 11 is 0. The van der Waals surface area contributed by atoms with Gasteiger partial charge in [-0.05, 0) is 37.5 Å². The molecule has 1 saturated carbocycles. The number of nitrogens with zero attached hydrogens (tertiary/aromatic N) is 3. The van der Waals surface area contributed by atoms with Gasteiger partial charge in [0.1, 0.15) is 6.54 Å². The summed E-state index contributed by atoms with van der Waals surface area (Å²) in [5.74, 6) is -0.132. The van der Waals surface area contributed by atoms with Crippen LogP contribution in [0.3, 0.4) is 0 Å². The van der Waals surface area contributed by atoms with Crippen LogP contribution >= 0.6 is 0 Å². The van der Waals surface area contributed by atoms with Crippen molar-refractivity contribution in [2.24, 2.45) is 0 Å². The van der Waals surface area contributed by atoms with Crippen LogP contribution in [0.2, 0.25) is 0 Å². The fraction of sp³-hybridized carbons (Fsp3) is 0.400. The Morgan fingerprint density at radius 1 is 0.968 bits per heavy atom. The van der Waals surface area contributed by atoms with Crippen LogP contribution in [0.25, 0.3) is 10.9 Å². The third-order valence-electron chi connectivity index (χ3n) is 6.26.